The summed E-state index contributed by atoms with van der Waals surface area (Å²) < 4.78 is 0. The molecule has 0 heterocycles. The highest BCUT2D eigenvalue weighted by atomic mass is 16.3. The van der Waals surface area contributed by atoms with Gasteiger partial charge in [-0.2, -0.15) is 0 Å². The first-order valence-corrected chi connectivity index (χ1v) is 4.85. The predicted molar refractivity (Wildman–Crippen MR) is 53.2 cm³/mol. The average Bonchev–Trinajstić information content (AvgIpc) is 1.83. The second-order valence-corrected chi connectivity index (χ2v) is 4.29. The van der Waals surface area contributed by atoms with E-state index in [9.17, 15) is 5.11 Å². The standard InChI is InChI=1S/C10H23NO/c1-8(2)6-11(9(3)4)7-10(5)12/h8-10,12H,6-7H2,1-5H3/t10-/m1/s1. The van der Waals surface area contributed by atoms with Gasteiger partial charge in [0.15, 0.2) is 0 Å². The van der Waals surface area contributed by atoms with Crippen LogP contribution in [-0.4, -0.2) is 35.2 Å². The fraction of sp³-hybridized carbons (Fsp3) is 1.00. The van der Waals surface area contributed by atoms with Crippen molar-refractivity contribution in [1.82, 2.24) is 4.90 Å². The van der Waals surface area contributed by atoms with Crippen LogP contribution in [0.25, 0.3) is 0 Å². The van der Waals surface area contributed by atoms with Crippen LogP contribution < -0.4 is 0 Å². The van der Waals surface area contributed by atoms with Gasteiger partial charge in [0.25, 0.3) is 0 Å². The van der Waals surface area contributed by atoms with Gasteiger partial charge in [0.2, 0.25) is 0 Å². The molecule has 0 fully saturated rings. The van der Waals surface area contributed by atoms with E-state index in [0.717, 1.165) is 13.1 Å². The molecule has 0 aromatic rings. The summed E-state index contributed by atoms with van der Waals surface area (Å²) in [7, 11) is 0. The highest BCUT2D eigenvalue weighted by molar-refractivity contribution is 4.66. The van der Waals surface area contributed by atoms with Crippen molar-refractivity contribution in [3.05, 3.63) is 0 Å². The third kappa shape index (κ3) is 5.56. The predicted octanol–water partition coefficient (Wildman–Crippen LogP) is 1.73. The van der Waals surface area contributed by atoms with Crippen LogP contribution in [0.1, 0.15) is 34.6 Å². The number of hydrogen-bond acceptors (Lipinski definition) is 2. The molecule has 0 amide bonds. The first kappa shape index (κ1) is 11.9. The van der Waals surface area contributed by atoms with E-state index in [1.807, 2.05) is 6.92 Å². The van der Waals surface area contributed by atoms with Gasteiger partial charge in [-0.05, 0) is 26.7 Å². The third-order valence-corrected chi connectivity index (χ3v) is 1.83. The van der Waals surface area contributed by atoms with E-state index in [1.165, 1.54) is 0 Å². The smallest absolute Gasteiger partial charge is 0.0639 e. The molecule has 2 heteroatoms. The van der Waals surface area contributed by atoms with Gasteiger partial charge in [-0.25, -0.2) is 0 Å². The Morgan fingerprint density at radius 3 is 1.75 bits per heavy atom. The van der Waals surface area contributed by atoms with Crippen LogP contribution in [0, 0.1) is 5.92 Å². The highest BCUT2D eigenvalue weighted by Gasteiger charge is 2.12. The summed E-state index contributed by atoms with van der Waals surface area (Å²) in [5.74, 6) is 0.672. The molecule has 0 radical (unpaired) electrons. The fourth-order valence-corrected chi connectivity index (χ4v) is 1.30. The van der Waals surface area contributed by atoms with Crippen LogP contribution in [0.4, 0.5) is 0 Å². The van der Waals surface area contributed by atoms with Gasteiger partial charge in [-0.1, -0.05) is 13.8 Å². The second-order valence-electron chi connectivity index (χ2n) is 4.29. The first-order valence-electron chi connectivity index (χ1n) is 4.85. The molecule has 0 bridgehead atoms. The highest BCUT2D eigenvalue weighted by Crippen LogP contribution is 2.04. The maximum atomic E-state index is 9.24. The van der Waals surface area contributed by atoms with Gasteiger partial charge in [0.1, 0.15) is 0 Å². The lowest BCUT2D eigenvalue weighted by molar-refractivity contribution is 0.0991. The molecule has 0 aliphatic rings. The minimum absolute atomic E-state index is 0.217. The van der Waals surface area contributed by atoms with Crippen molar-refractivity contribution < 1.29 is 5.11 Å². The SMILES string of the molecule is CC(C)CN(C[C@@H](C)O)C(C)C. The molecule has 0 saturated heterocycles. The van der Waals surface area contributed by atoms with Crippen molar-refractivity contribution in [3.8, 4) is 0 Å². The van der Waals surface area contributed by atoms with Gasteiger partial charge in [-0.3, -0.25) is 4.90 Å². The average molecular weight is 173 g/mol. The van der Waals surface area contributed by atoms with E-state index in [4.69, 9.17) is 0 Å². The second kappa shape index (κ2) is 5.55. The summed E-state index contributed by atoms with van der Waals surface area (Å²) in [5.41, 5.74) is 0. The molecular weight excluding hydrogens is 150 g/mol. The van der Waals surface area contributed by atoms with Gasteiger partial charge >= 0.3 is 0 Å². The van der Waals surface area contributed by atoms with Crippen molar-refractivity contribution in [3.63, 3.8) is 0 Å². The summed E-state index contributed by atoms with van der Waals surface area (Å²) in [6.07, 6.45) is -0.217. The molecule has 0 unspecified atom stereocenters. The minimum atomic E-state index is -0.217. The topological polar surface area (TPSA) is 23.5 Å². The van der Waals surface area contributed by atoms with Crippen molar-refractivity contribution in [2.24, 2.45) is 5.92 Å². The Bertz CT molecular complexity index is 100. The van der Waals surface area contributed by atoms with Crippen LogP contribution in [-0.2, 0) is 0 Å². The van der Waals surface area contributed by atoms with E-state index in [2.05, 4.69) is 32.6 Å². The number of hydrogen-bond donors (Lipinski definition) is 1. The lowest BCUT2D eigenvalue weighted by Gasteiger charge is -2.29. The molecule has 0 aromatic heterocycles. The van der Waals surface area contributed by atoms with E-state index in [-0.39, 0.29) is 6.10 Å². The number of rotatable bonds is 5. The van der Waals surface area contributed by atoms with E-state index in [1.54, 1.807) is 0 Å². The van der Waals surface area contributed by atoms with Crippen molar-refractivity contribution in [1.29, 1.82) is 0 Å². The van der Waals surface area contributed by atoms with Gasteiger partial charge in [0, 0.05) is 19.1 Å². The Morgan fingerprint density at radius 2 is 1.50 bits per heavy atom. The Labute approximate surface area is 76.6 Å². The first-order chi connectivity index (χ1) is 5.43. The lowest BCUT2D eigenvalue weighted by Crippen LogP contribution is -2.38. The van der Waals surface area contributed by atoms with Gasteiger partial charge in [0.05, 0.1) is 6.10 Å². The maximum Gasteiger partial charge on any atom is 0.0639 e. The summed E-state index contributed by atoms with van der Waals surface area (Å²) in [4.78, 5) is 2.31. The van der Waals surface area contributed by atoms with E-state index >= 15 is 0 Å². The molecule has 1 atom stereocenters. The zero-order valence-corrected chi connectivity index (χ0v) is 9.04. The van der Waals surface area contributed by atoms with Crippen LogP contribution in [0.5, 0.6) is 0 Å². The molecule has 0 spiro atoms. The summed E-state index contributed by atoms with van der Waals surface area (Å²) >= 11 is 0. The van der Waals surface area contributed by atoms with Crippen LogP contribution in [0.3, 0.4) is 0 Å². The maximum absolute atomic E-state index is 9.24. The third-order valence-electron chi connectivity index (χ3n) is 1.83. The molecule has 0 saturated carbocycles. The van der Waals surface area contributed by atoms with Crippen molar-refractivity contribution >= 4 is 0 Å². The molecule has 1 N–H and O–H groups in total. The molecule has 0 aliphatic carbocycles. The Hall–Kier alpha value is -0.0800. The summed E-state index contributed by atoms with van der Waals surface area (Å²) in [6, 6.07) is 0.530. The fourth-order valence-electron chi connectivity index (χ4n) is 1.30. The Balaban J connectivity index is 3.87. The summed E-state index contributed by atoms with van der Waals surface area (Å²) in [5, 5.41) is 9.24. The monoisotopic (exact) mass is 173 g/mol. The van der Waals surface area contributed by atoms with Crippen LogP contribution in [0.15, 0.2) is 0 Å². The van der Waals surface area contributed by atoms with Gasteiger partial charge in [-0.15, -0.1) is 0 Å². The zero-order valence-electron chi connectivity index (χ0n) is 9.04. The van der Waals surface area contributed by atoms with E-state index in [0.29, 0.717) is 12.0 Å². The molecule has 0 aliphatic heterocycles. The Morgan fingerprint density at radius 1 is 1.00 bits per heavy atom. The van der Waals surface area contributed by atoms with Crippen molar-refractivity contribution in [2.75, 3.05) is 13.1 Å². The molecule has 12 heavy (non-hydrogen) atoms. The largest absolute Gasteiger partial charge is 0.392 e. The quantitative estimate of drug-likeness (QED) is 0.684. The molecule has 0 rings (SSSR count). The number of aliphatic hydroxyl groups is 1. The van der Waals surface area contributed by atoms with Gasteiger partial charge < -0.3 is 5.11 Å². The molecular formula is C10H23NO. The summed E-state index contributed by atoms with van der Waals surface area (Å²) in [6.45, 7) is 12.5. The zero-order chi connectivity index (χ0) is 9.72. The van der Waals surface area contributed by atoms with Crippen molar-refractivity contribution in [2.45, 2.75) is 46.8 Å². The molecule has 74 valence electrons. The number of aliphatic hydroxyl groups excluding tert-OH is 1. The minimum Gasteiger partial charge on any atom is -0.392 e. The molecule has 0 aromatic carbocycles. The van der Waals surface area contributed by atoms with Crippen LogP contribution >= 0.6 is 0 Å². The Kier molecular flexibility index (Phi) is 5.51. The van der Waals surface area contributed by atoms with E-state index < -0.39 is 0 Å². The normalized spacial score (nSPS) is 14.8. The number of nitrogens with zero attached hydrogens (tertiary/aromatic N) is 1. The van der Waals surface area contributed by atoms with Crippen LogP contribution in [0.2, 0.25) is 0 Å². The lowest BCUT2D eigenvalue weighted by atomic mass is 10.1. The molecule has 2 nitrogen and oxygen atoms in total.